The molecular formula is C16H19ClN2S. The van der Waals surface area contributed by atoms with Crippen LogP contribution in [0.5, 0.6) is 0 Å². The summed E-state index contributed by atoms with van der Waals surface area (Å²) in [4.78, 5) is 10.2. The van der Waals surface area contributed by atoms with Crippen LogP contribution >= 0.6 is 23.4 Å². The Bertz CT molecular complexity index is 567. The van der Waals surface area contributed by atoms with Gasteiger partial charge in [0.05, 0.1) is 0 Å². The fourth-order valence-electron chi connectivity index (χ4n) is 1.98. The van der Waals surface area contributed by atoms with Crippen LogP contribution in [0.15, 0.2) is 35.2 Å². The first-order chi connectivity index (χ1) is 9.58. The van der Waals surface area contributed by atoms with E-state index < -0.39 is 0 Å². The molecule has 1 aromatic heterocycles. The van der Waals surface area contributed by atoms with Gasteiger partial charge in [0.25, 0.3) is 0 Å². The topological polar surface area (TPSA) is 25.8 Å². The van der Waals surface area contributed by atoms with Crippen molar-refractivity contribution in [2.45, 2.75) is 32.1 Å². The van der Waals surface area contributed by atoms with Crippen LogP contribution in [-0.4, -0.2) is 15.7 Å². The van der Waals surface area contributed by atoms with Crippen LogP contribution in [0, 0.1) is 5.92 Å². The number of halogens is 1. The molecular weight excluding hydrogens is 288 g/mol. The summed E-state index contributed by atoms with van der Waals surface area (Å²) < 4.78 is 0. The molecule has 0 fully saturated rings. The highest BCUT2D eigenvalue weighted by atomic mass is 35.5. The zero-order chi connectivity index (χ0) is 14.5. The van der Waals surface area contributed by atoms with Crippen molar-refractivity contribution >= 4 is 23.4 Å². The van der Waals surface area contributed by atoms with Crippen molar-refractivity contribution in [3.8, 4) is 11.4 Å². The molecule has 0 saturated carbocycles. The predicted molar refractivity (Wildman–Crippen MR) is 87.4 cm³/mol. The zero-order valence-corrected chi connectivity index (χ0v) is 13.6. The minimum absolute atomic E-state index is 0.512. The van der Waals surface area contributed by atoms with Crippen molar-refractivity contribution in [1.29, 1.82) is 0 Å². The highest BCUT2D eigenvalue weighted by molar-refractivity contribution is 7.99. The lowest BCUT2D eigenvalue weighted by Gasteiger charge is -2.08. The molecule has 0 bridgehead atoms. The molecule has 4 heteroatoms. The van der Waals surface area contributed by atoms with E-state index in [-0.39, 0.29) is 0 Å². The van der Waals surface area contributed by atoms with Crippen molar-refractivity contribution < 1.29 is 0 Å². The zero-order valence-electron chi connectivity index (χ0n) is 12.1. The van der Waals surface area contributed by atoms with Crippen molar-refractivity contribution in [3.05, 3.63) is 41.2 Å². The van der Waals surface area contributed by atoms with Crippen LogP contribution < -0.4 is 0 Å². The number of thioether (sulfide) groups is 1. The Balaban J connectivity index is 2.29. The number of rotatable bonds is 5. The van der Waals surface area contributed by atoms with Gasteiger partial charge in [-0.2, -0.15) is 0 Å². The van der Waals surface area contributed by atoms with E-state index in [0.29, 0.717) is 16.9 Å². The third-order valence-electron chi connectivity index (χ3n) is 2.79. The van der Waals surface area contributed by atoms with Crippen LogP contribution in [0.1, 0.15) is 26.5 Å². The predicted octanol–water partition coefficient (Wildman–Crippen LogP) is 5.11. The van der Waals surface area contributed by atoms with Gasteiger partial charge in [-0.05, 0) is 36.3 Å². The van der Waals surface area contributed by atoms with Gasteiger partial charge in [0.1, 0.15) is 5.15 Å². The van der Waals surface area contributed by atoms with E-state index in [0.717, 1.165) is 23.4 Å². The molecule has 0 amide bonds. The summed E-state index contributed by atoms with van der Waals surface area (Å²) >= 11 is 7.94. The summed E-state index contributed by atoms with van der Waals surface area (Å²) in [7, 11) is 0. The molecule has 1 heterocycles. The van der Waals surface area contributed by atoms with Crippen LogP contribution in [0.3, 0.4) is 0 Å². The average Bonchev–Trinajstić information content (AvgIpc) is 2.38. The molecule has 0 N–H and O–H groups in total. The van der Waals surface area contributed by atoms with Gasteiger partial charge in [-0.15, -0.1) is 11.8 Å². The Morgan fingerprint density at radius 1 is 1.15 bits per heavy atom. The lowest BCUT2D eigenvalue weighted by atomic mass is 10.1. The molecule has 2 aromatic rings. The first-order valence-corrected chi connectivity index (χ1v) is 8.21. The second-order valence-corrected chi connectivity index (χ2v) is 6.79. The molecule has 0 aliphatic rings. The molecule has 0 atom stereocenters. The molecule has 0 unspecified atom stereocenters. The molecule has 0 aliphatic heterocycles. The first kappa shape index (κ1) is 15.3. The van der Waals surface area contributed by atoms with E-state index >= 15 is 0 Å². The number of benzene rings is 1. The molecule has 0 radical (unpaired) electrons. The summed E-state index contributed by atoms with van der Waals surface area (Å²) in [5.41, 5.74) is 2.01. The Morgan fingerprint density at radius 2 is 1.85 bits per heavy atom. The van der Waals surface area contributed by atoms with Crippen LogP contribution in [-0.2, 0) is 6.42 Å². The minimum Gasteiger partial charge on any atom is -0.233 e. The standard InChI is InChI=1S/C16H19ClN2S/c1-4-20-14-7-5-12(6-8-14)16-18-13(9-11(2)3)10-15(17)19-16/h5-8,10-11H,4,9H2,1-3H3. The van der Waals surface area contributed by atoms with E-state index in [1.165, 1.54) is 4.90 Å². The Kier molecular flexibility index (Phi) is 5.44. The van der Waals surface area contributed by atoms with E-state index in [1.807, 2.05) is 17.8 Å². The maximum atomic E-state index is 6.11. The molecule has 0 saturated heterocycles. The van der Waals surface area contributed by atoms with Gasteiger partial charge in [-0.3, -0.25) is 0 Å². The minimum atomic E-state index is 0.512. The maximum Gasteiger partial charge on any atom is 0.161 e. The fraction of sp³-hybridized carbons (Fsp3) is 0.375. The molecule has 20 heavy (non-hydrogen) atoms. The van der Waals surface area contributed by atoms with Crippen molar-refractivity contribution in [3.63, 3.8) is 0 Å². The van der Waals surface area contributed by atoms with E-state index in [9.17, 15) is 0 Å². The lowest BCUT2D eigenvalue weighted by molar-refractivity contribution is 0.634. The second kappa shape index (κ2) is 7.09. The van der Waals surface area contributed by atoms with Gasteiger partial charge in [-0.1, -0.05) is 44.5 Å². The van der Waals surface area contributed by atoms with E-state index in [1.54, 1.807) is 0 Å². The smallest absolute Gasteiger partial charge is 0.161 e. The summed E-state index contributed by atoms with van der Waals surface area (Å²) in [5, 5.41) is 0.512. The Hall–Kier alpha value is -1.06. The molecule has 1 aromatic carbocycles. The third kappa shape index (κ3) is 4.22. The van der Waals surface area contributed by atoms with Gasteiger partial charge < -0.3 is 0 Å². The fourth-order valence-corrected chi connectivity index (χ4v) is 2.85. The Labute approximate surface area is 130 Å². The van der Waals surface area contributed by atoms with Crippen LogP contribution in [0.25, 0.3) is 11.4 Å². The quantitative estimate of drug-likeness (QED) is 0.567. The van der Waals surface area contributed by atoms with Gasteiger partial charge in [0, 0.05) is 16.2 Å². The highest BCUT2D eigenvalue weighted by Crippen LogP contribution is 2.23. The largest absolute Gasteiger partial charge is 0.233 e. The van der Waals surface area contributed by atoms with E-state index in [2.05, 4.69) is 55.0 Å². The second-order valence-electron chi connectivity index (χ2n) is 5.06. The van der Waals surface area contributed by atoms with Crippen LogP contribution in [0.4, 0.5) is 0 Å². The normalized spacial score (nSPS) is 11.1. The molecule has 0 spiro atoms. The summed E-state index contributed by atoms with van der Waals surface area (Å²) in [5.74, 6) is 2.34. The lowest BCUT2D eigenvalue weighted by Crippen LogP contribution is -2.00. The summed E-state index contributed by atoms with van der Waals surface area (Å²) in [6, 6.07) is 10.2. The molecule has 2 rings (SSSR count). The van der Waals surface area contributed by atoms with E-state index in [4.69, 9.17) is 11.6 Å². The number of aromatic nitrogens is 2. The monoisotopic (exact) mass is 306 g/mol. The summed E-state index contributed by atoms with van der Waals surface area (Å²) in [6.45, 7) is 6.50. The number of nitrogens with zero attached hydrogens (tertiary/aromatic N) is 2. The highest BCUT2D eigenvalue weighted by Gasteiger charge is 2.07. The molecule has 106 valence electrons. The number of hydrogen-bond acceptors (Lipinski definition) is 3. The van der Waals surface area contributed by atoms with Crippen molar-refractivity contribution in [2.24, 2.45) is 5.92 Å². The van der Waals surface area contributed by atoms with Crippen LogP contribution in [0.2, 0.25) is 5.15 Å². The Morgan fingerprint density at radius 3 is 2.45 bits per heavy atom. The van der Waals surface area contributed by atoms with Crippen molar-refractivity contribution in [1.82, 2.24) is 9.97 Å². The van der Waals surface area contributed by atoms with Crippen molar-refractivity contribution in [2.75, 3.05) is 5.75 Å². The van der Waals surface area contributed by atoms with Gasteiger partial charge in [0.2, 0.25) is 0 Å². The van der Waals surface area contributed by atoms with Gasteiger partial charge in [0.15, 0.2) is 5.82 Å². The number of hydrogen-bond donors (Lipinski definition) is 0. The first-order valence-electron chi connectivity index (χ1n) is 6.85. The maximum absolute atomic E-state index is 6.11. The molecule has 0 aliphatic carbocycles. The molecule has 2 nitrogen and oxygen atoms in total. The average molecular weight is 307 g/mol. The third-order valence-corrected chi connectivity index (χ3v) is 3.88. The summed E-state index contributed by atoms with van der Waals surface area (Å²) in [6.07, 6.45) is 0.916. The van der Waals surface area contributed by atoms with Gasteiger partial charge in [-0.25, -0.2) is 9.97 Å². The SMILES string of the molecule is CCSc1ccc(-c2nc(Cl)cc(CC(C)C)n2)cc1. The van der Waals surface area contributed by atoms with Gasteiger partial charge >= 0.3 is 0 Å².